The van der Waals surface area contributed by atoms with Gasteiger partial charge in [-0.25, -0.2) is 8.42 Å². The Balaban J connectivity index is 2.88. The lowest BCUT2D eigenvalue weighted by molar-refractivity contribution is 0.551. The third-order valence-corrected chi connectivity index (χ3v) is 4.51. The smallest absolute Gasteiger partial charge is 0.171 e. The van der Waals surface area contributed by atoms with Crippen molar-refractivity contribution in [2.24, 2.45) is 5.73 Å². The summed E-state index contributed by atoms with van der Waals surface area (Å²) in [5.74, 6) is 0. The number of hydrogen-bond donors (Lipinski definition) is 1. The van der Waals surface area contributed by atoms with Gasteiger partial charge in [0, 0.05) is 0 Å². The molecule has 10 heavy (non-hydrogen) atoms. The summed E-state index contributed by atoms with van der Waals surface area (Å²) in [6.07, 6.45) is 1.59. The van der Waals surface area contributed by atoms with Crippen LogP contribution < -0.4 is 5.73 Å². The second kappa shape index (κ2) is 1.95. The van der Waals surface area contributed by atoms with E-state index in [0.717, 1.165) is 12.8 Å². The minimum absolute atomic E-state index is 0.146. The van der Waals surface area contributed by atoms with Crippen LogP contribution in [0.3, 0.4) is 0 Å². The molecule has 0 unspecified atom stereocenters. The minimum Gasteiger partial charge on any atom is -0.313 e. The van der Waals surface area contributed by atoms with Crippen molar-refractivity contribution in [2.75, 3.05) is 0 Å². The molecule has 2 N–H and O–H groups in total. The maximum Gasteiger partial charge on any atom is 0.171 e. The van der Waals surface area contributed by atoms with Gasteiger partial charge in [0.1, 0.15) is 4.87 Å². The average molecular weight is 163 g/mol. The zero-order valence-electron chi connectivity index (χ0n) is 6.29. The van der Waals surface area contributed by atoms with Crippen molar-refractivity contribution in [1.29, 1.82) is 0 Å². The summed E-state index contributed by atoms with van der Waals surface area (Å²) in [7, 11) is -3.03. The predicted octanol–water partition coefficient (Wildman–Crippen LogP) is 0.258. The summed E-state index contributed by atoms with van der Waals surface area (Å²) in [5.41, 5.74) is 5.47. The Morgan fingerprint density at radius 1 is 1.40 bits per heavy atom. The summed E-state index contributed by atoms with van der Waals surface area (Å²) in [6, 6.07) is 0. The Bertz CT molecular complexity index is 221. The van der Waals surface area contributed by atoms with E-state index in [2.05, 4.69) is 0 Å². The van der Waals surface area contributed by atoms with Gasteiger partial charge in [-0.2, -0.15) is 0 Å². The van der Waals surface area contributed by atoms with Crippen molar-refractivity contribution in [2.45, 2.75) is 36.8 Å². The van der Waals surface area contributed by atoms with Gasteiger partial charge in [-0.3, -0.25) is 0 Å². The monoisotopic (exact) mass is 163 g/mol. The van der Waals surface area contributed by atoms with Crippen molar-refractivity contribution in [3.8, 4) is 0 Å². The van der Waals surface area contributed by atoms with Crippen molar-refractivity contribution in [1.82, 2.24) is 0 Å². The van der Waals surface area contributed by atoms with Gasteiger partial charge in [0.15, 0.2) is 9.84 Å². The number of rotatable bonds is 2. The lowest BCUT2D eigenvalue weighted by Gasteiger charge is -2.18. The molecule has 0 radical (unpaired) electrons. The number of sulfone groups is 1. The summed E-state index contributed by atoms with van der Waals surface area (Å²) in [6.45, 7) is 3.08. The fourth-order valence-electron chi connectivity index (χ4n) is 0.808. The largest absolute Gasteiger partial charge is 0.313 e. The fourth-order valence-corrected chi connectivity index (χ4v) is 2.42. The molecule has 0 aromatic heterocycles. The van der Waals surface area contributed by atoms with Gasteiger partial charge in [-0.15, -0.1) is 0 Å². The molecule has 0 aromatic carbocycles. The van der Waals surface area contributed by atoms with Crippen LogP contribution in [0.25, 0.3) is 0 Å². The molecule has 60 valence electrons. The molecule has 0 aromatic rings. The van der Waals surface area contributed by atoms with Crippen LogP contribution in [0.2, 0.25) is 0 Å². The first kappa shape index (κ1) is 8.01. The van der Waals surface area contributed by atoms with Crippen LogP contribution in [0.15, 0.2) is 0 Å². The van der Waals surface area contributed by atoms with Crippen molar-refractivity contribution in [3.63, 3.8) is 0 Å². The third kappa shape index (κ3) is 1.18. The van der Waals surface area contributed by atoms with E-state index in [1.807, 2.05) is 0 Å². The highest BCUT2D eigenvalue weighted by Crippen LogP contribution is 2.33. The van der Waals surface area contributed by atoms with Crippen molar-refractivity contribution in [3.05, 3.63) is 0 Å². The van der Waals surface area contributed by atoms with E-state index in [9.17, 15) is 8.42 Å². The van der Waals surface area contributed by atoms with Crippen molar-refractivity contribution >= 4 is 9.84 Å². The molecule has 1 fully saturated rings. The highest BCUT2D eigenvalue weighted by atomic mass is 32.2. The van der Waals surface area contributed by atoms with Crippen LogP contribution in [0.4, 0.5) is 0 Å². The summed E-state index contributed by atoms with van der Waals surface area (Å²) in [4.78, 5) is -1.05. The van der Waals surface area contributed by atoms with E-state index in [-0.39, 0.29) is 5.25 Å². The molecule has 0 spiro atoms. The van der Waals surface area contributed by atoms with E-state index in [1.165, 1.54) is 0 Å². The quantitative estimate of drug-likeness (QED) is 0.635. The van der Waals surface area contributed by atoms with Crippen LogP contribution in [0.5, 0.6) is 0 Å². The van der Waals surface area contributed by atoms with Crippen LogP contribution in [-0.2, 0) is 9.84 Å². The molecule has 1 aliphatic carbocycles. The standard InChI is InChI=1S/C6H13NO2S/c1-6(2,7)10(8,9)5-3-4-5/h5H,3-4,7H2,1-2H3. The highest BCUT2D eigenvalue weighted by Gasteiger charge is 2.43. The van der Waals surface area contributed by atoms with Gasteiger partial charge >= 0.3 is 0 Å². The molecule has 0 saturated heterocycles. The molecule has 0 bridgehead atoms. The van der Waals surface area contributed by atoms with Crippen LogP contribution in [0.1, 0.15) is 26.7 Å². The fraction of sp³-hybridized carbons (Fsp3) is 1.00. The predicted molar refractivity (Wildman–Crippen MR) is 40.2 cm³/mol. The normalized spacial score (nSPS) is 21.1. The Labute approximate surface area is 61.5 Å². The lowest BCUT2D eigenvalue weighted by Crippen LogP contribution is -2.43. The molecule has 0 atom stereocenters. The lowest BCUT2D eigenvalue weighted by atomic mass is 10.4. The Morgan fingerprint density at radius 3 is 1.90 bits per heavy atom. The Kier molecular flexibility index (Phi) is 1.56. The van der Waals surface area contributed by atoms with E-state index < -0.39 is 14.7 Å². The Hall–Kier alpha value is -0.0900. The Morgan fingerprint density at radius 2 is 1.80 bits per heavy atom. The first-order chi connectivity index (χ1) is 4.36. The molecule has 1 rings (SSSR count). The second-order valence-electron chi connectivity index (χ2n) is 3.35. The van der Waals surface area contributed by atoms with Gasteiger partial charge in [-0.05, 0) is 26.7 Å². The minimum atomic E-state index is -3.03. The molecule has 4 heteroatoms. The summed E-state index contributed by atoms with van der Waals surface area (Å²) < 4.78 is 22.6. The van der Waals surface area contributed by atoms with Gasteiger partial charge in [0.25, 0.3) is 0 Å². The molecule has 1 aliphatic rings. The van der Waals surface area contributed by atoms with Gasteiger partial charge in [0.2, 0.25) is 0 Å². The van der Waals surface area contributed by atoms with Crippen LogP contribution in [-0.4, -0.2) is 18.5 Å². The maximum absolute atomic E-state index is 11.3. The van der Waals surface area contributed by atoms with E-state index >= 15 is 0 Å². The first-order valence-electron chi connectivity index (χ1n) is 3.38. The summed E-state index contributed by atoms with van der Waals surface area (Å²) in [5, 5.41) is -0.146. The topological polar surface area (TPSA) is 60.2 Å². The molecule has 0 amide bonds. The van der Waals surface area contributed by atoms with Crippen LogP contribution in [0, 0.1) is 0 Å². The van der Waals surface area contributed by atoms with Gasteiger partial charge < -0.3 is 5.73 Å². The molecular weight excluding hydrogens is 150 g/mol. The molecule has 3 nitrogen and oxygen atoms in total. The highest BCUT2D eigenvalue weighted by molar-refractivity contribution is 7.93. The average Bonchev–Trinajstić information content (AvgIpc) is 2.38. The second-order valence-corrected chi connectivity index (χ2v) is 6.16. The zero-order valence-corrected chi connectivity index (χ0v) is 7.11. The van der Waals surface area contributed by atoms with E-state index in [1.54, 1.807) is 13.8 Å². The first-order valence-corrected chi connectivity index (χ1v) is 4.92. The SMILES string of the molecule is CC(C)(N)S(=O)(=O)C1CC1. The molecule has 0 heterocycles. The van der Waals surface area contributed by atoms with E-state index in [0.29, 0.717) is 0 Å². The summed E-state index contributed by atoms with van der Waals surface area (Å²) >= 11 is 0. The molecular formula is C6H13NO2S. The molecule has 0 aliphatic heterocycles. The van der Waals surface area contributed by atoms with Gasteiger partial charge in [0.05, 0.1) is 5.25 Å². The zero-order chi connectivity index (χ0) is 7.99. The van der Waals surface area contributed by atoms with Crippen LogP contribution >= 0.6 is 0 Å². The molecule has 1 saturated carbocycles. The van der Waals surface area contributed by atoms with Gasteiger partial charge in [-0.1, -0.05) is 0 Å². The maximum atomic E-state index is 11.3. The number of nitrogens with two attached hydrogens (primary N) is 1. The number of hydrogen-bond acceptors (Lipinski definition) is 3. The van der Waals surface area contributed by atoms with E-state index in [4.69, 9.17) is 5.73 Å². The third-order valence-electron chi connectivity index (χ3n) is 1.70. The van der Waals surface area contributed by atoms with Crippen molar-refractivity contribution < 1.29 is 8.42 Å².